The third kappa shape index (κ3) is 4.93. The normalized spacial score (nSPS) is 10.1. The predicted octanol–water partition coefficient (Wildman–Crippen LogP) is 3.39. The monoisotopic (exact) mass is 354 g/mol. The van der Waals surface area contributed by atoms with Crippen LogP contribution in [-0.4, -0.2) is 46.4 Å². The number of carboxylic acid groups (broad SMARTS) is 1. The molecule has 2 aromatic carbocycles. The summed E-state index contributed by atoms with van der Waals surface area (Å²) in [6.07, 6.45) is 2.90. The average Bonchev–Trinajstić information content (AvgIpc) is 2.45. The van der Waals surface area contributed by atoms with Crippen LogP contribution in [0, 0.1) is 0 Å². The van der Waals surface area contributed by atoms with Crippen molar-refractivity contribution in [3.05, 3.63) is 75.8 Å². The number of ketones is 1. The van der Waals surface area contributed by atoms with Crippen molar-refractivity contribution in [3.63, 3.8) is 0 Å². The number of hydrogen-bond acceptors (Lipinski definition) is 2. The van der Waals surface area contributed by atoms with Crippen LogP contribution in [0.5, 0.6) is 0 Å². The third-order valence-electron chi connectivity index (χ3n) is 2.71. The summed E-state index contributed by atoms with van der Waals surface area (Å²) in [5, 5.41) is 9.06. The maximum atomic E-state index is 12.0. The zero-order valence-corrected chi connectivity index (χ0v) is 12.0. The Kier molecular flexibility index (Phi) is 7.05. The van der Waals surface area contributed by atoms with Crippen molar-refractivity contribution in [3.8, 4) is 0 Å². The van der Waals surface area contributed by atoms with Gasteiger partial charge in [-0.05, 0) is 29.8 Å². The molecule has 2 rings (SSSR count). The summed E-state index contributed by atoms with van der Waals surface area (Å²) in [4.78, 5) is 23.1. The van der Waals surface area contributed by atoms with E-state index in [-0.39, 0.29) is 40.9 Å². The Hall–Kier alpha value is -1.20. The summed E-state index contributed by atoms with van der Waals surface area (Å²) in [6, 6.07) is 13.6. The Balaban J connectivity index is 0.00000220. The number of aromatic carboxylic acids is 1. The number of rotatable bonds is 4. The number of hydrogen-bond donors (Lipinski definition) is 1. The van der Waals surface area contributed by atoms with Gasteiger partial charge in [0.2, 0.25) is 0 Å². The van der Waals surface area contributed by atoms with Crippen molar-refractivity contribution in [2.75, 3.05) is 0 Å². The Morgan fingerprint density at radius 3 is 2.43 bits per heavy atom. The minimum atomic E-state index is -1.01. The van der Waals surface area contributed by atoms with Crippen LogP contribution in [0.15, 0.2) is 59.1 Å². The van der Waals surface area contributed by atoms with Crippen molar-refractivity contribution in [1.82, 2.24) is 0 Å². The average molecular weight is 355 g/mol. The summed E-state index contributed by atoms with van der Waals surface area (Å²) in [5.41, 5.74) is 1.22. The number of allylic oxidation sites excluding steroid dienone is 1. The van der Waals surface area contributed by atoms with Crippen LogP contribution in [0.1, 0.15) is 26.3 Å². The van der Waals surface area contributed by atoms with Crippen LogP contribution < -0.4 is 0 Å². The van der Waals surface area contributed by atoms with Gasteiger partial charge in [0.15, 0.2) is 5.78 Å². The van der Waals surface area contributed by atoms with Crippen molar-refractivity contribution in [2.24, 2.45) is 0 Å². The topological polar surface area (TPSA) is 54.4 Å². The fourth-order valence-corrected chi connectivity index (χ4v) is 2.14. The molecule has 0 atom stereocenters. The molecule has 3 nitrogen and oxygen atoms in total. The molecule has 0 aliphatic heterocycles. The van der Waals surface area contributed by atoms with E-state index in [4.69, 9.17) is 5.11 Å². The molecule has 21 heavy (non-hydrogen) atoms. The number of carbonyl (C=O) groups excluding carboxylic acids is 1. The molecular weight excluding hydrogens is 343 g/mol. The molecule has 0 saturated carbocycles. The summed E-state index contributed by atoms with van der Waals surface area (Å²) in [6.45, 7) is 0. The number of carboxylic acids is 1. The van der Waals surface area contributed by atoms with Gasteiger partial charge in [0.25, 0.3) is 0 Å². The maximum absolute atomic E-state index is 12.0. The summed E-state index contributed by atoms with van der Waals surface area (Å²) in [5.74, 6) is -1.19. The molecule has 102 valence electrons. The van der Waals surface area contributed by atoms with Gasteiger partial charge in [-0.3, -0.25) is 4.79 Å². The summed E-state index contributed by atoms with van der Waals surface area (Å²) < 4.78 is 0.822. The molecule has 5 heteroatoms. The van der Waals surface area contributed by atoms with Gasteiger partial charge >= 0.3 is 35.5 Å². The van der Waals surface area contributed by atoms with E-state index in [1.165, 1.54) is 18.2 Å². The van der Waals surface area contributed by atoms with E-state index in [0.717, 1.165) is 4.47 Å². The summed E-state index contributed by atoms with van der Waals surface area (Å²) >= 11 is 3.30. The molecule has 0 aromatic heterocycles. The van der Waals surface area contributed by atoms with Gasteiger partial charge in [0, 0.05) is 10.0 Å². The van der Waals surface area contributed by atoms with E-state index >= 15 is 0 Å². The first-order valence-corrected chi connectivity index (χ1v) is 6.67. The SMILES string of the molecule is O=C(C=Cc1ccccc1C(=O)O)c1cccc(Br)c1.[NaH]. The van der Waals surface area contributed by atoms with Gasteiger partial charge in [-0.2, -0.15) is 0 Å². The van der Waals surface area contributed by atoms with Gasteiger partial charge in [0.1, 0.15) is 0 Å². The zero-order chi connectivity index (χ0) is 14.5. The molecular formula is C16H12BrNaO3. The Bertz CT molecular complexity index is 695. The third-order valence-corrected chi connectivity index (χ3v) is 3.21. The first-order valence-electron chi connectivity index (χ1n) is 5.88. The second-order valence-electron chi connectivity index (χ2n) is 4.10. The fraction of sp³-hybridized carbons (Fsp3) is 0. The van der Waals surface area contributed by atoms with E-state index in [2.05, 4.69) is 15.9 Å². The van der Waals surface area contributed by atoms with E-state index in [1.807, 2.05) is 6.07 Å². The number of halogens is 1. The Morgan fingerprint density at radius 2 is 1.76 bits per heavy atom. The van der Waals surface area contributed by atoms with E-state index < -0.39 is 5.97 Å². The van der Waals surface area contributed by atoms with Crippen molar-refractivity contribution < 1.29 is 14.7 Å². The molecule has 0 radical (unpaired) electrons. The van der Waals surface area contributed by atoms with Crippen molar-refractivity contribution in [2.45, 2.75) is 0 Å². The van der Waals surface area contributed by atoms with Gasteiger partial charge in [-0.25, -0.2) is 4.79 Å². The van der Waals surface area contributed by atoms with E-state index in [1.54, 1.807) is 36.4 Å². The molecule has 0 heterocycles. The van der Waals surface area contributed by atoms with Gasteiger partial charge in [-0.1, -0.05) is 52.3 Å². The van der Waals surface area contributed by atoms with E-state index in [0.29, 0.717) is 11.1 Å². The van der Waals surface area contributed by atoms with Crippen LogP contribution in [0.4, 0.5) is 0 Å². The van der Waals surface area contributed by atoms with Gasteiger partial charge in [-0.15, -0.1) is 0 Å². The van der Waals surface area contributed by atoms with Crippen molar-refractivity contribution >= 4 is 63.3 Å². The van der Waals surface area contributed by atoms with Crippen LogP contribution in [0.2, 0.25) is 0 Å². The second kappa shape index (κ2) is 8.29. The molecule has 0 bridgehead atoms. The molecule has 0 saturated heterocycles. The quantitative estimate of drug-likeness (QED) is 0.520. The fourth-order valence-electron chi connectivity index (χ4n) is 1.74. The molecule has 0 aliphatic carbocycles. The molecule has 0 unspecified atom stereocenters. The van der Waals surface area contributed by atoms with Gasteiger partial charge in [0.05, 0.1) is 5.56 Å². The Labute approximate surface area is 153 Å². The minimum absolute atomic E-state index is 0. The molecule has 0 fully saturated rings. The van der Waals surface area contributed by atoms with Crippen molar-refractivity contribution in [1.29, 1.82) is 0 Å². The van der Waals surface area contributed by atoms with Crippen LogP contribution in [-0.2, 0) is 0 Å². The molecule has 0 amide bonds. The van der Waals surface area contributed by atoms with Gasteiger partial charge < -0.3 is 5.11 Å². The first-order chi connectivity index (χ1) is 9.58. The number of carbonyl (C=O) groups is 2. The summed E-state index contributed by atoms with van der Waals surface area (Å²) in [7, 11) is 0. The van der Waals surface area contributed by atoms with E-state index in [9.17, 15) is 9.59 Å². The van der Waals surface area contributed by atoms with Crippen LogP contribution in [0.25, 0.3) is 6.08 Å². The molecule has 0 spiro atoms. The number of benzene rings is 2. The zero-order valence-electron chi connectivity index (χ0n) is 10.4. The standard InChI is InChI=1S/C16H11BrO3.Na.H/c17-13-6-3-5-12(10-13)15(18)9-8-11-4-1-2-7-14(11)16(19)20;;/h1-10H,(H,19,20);;. The molecule has 2 aromatic rings. The second-order valence-corrected chi connectivity index (χ2v) is 5.02. The predicted molar refractivity (Wildman–Crippen MR) is 88.1 cm³/mol. The Morgan fingerprint density at radius 1 is 1.05 bits per heavy atom. The first kappa shape index (κ1) is 17.9. The van der Waals surface area contributed by atoms with Crippen LogP contribution in [0.3, 0.4) is 0 Å². The van der Waals surface area contributed by atoms with Crippen LogP contribution >= 0.6 is 15.9 Å². The molecule has 0 aliphatic rings. The molecule has 1 N–H and O–H groups in total.